The number of carboxylic acids is 1. The van der Waals surface area contributed by atoms with Gasteiger partial charge in [-0.3, -0.25) is 9.59 Å². The van der Waals surface area contributed by atoms with Crippen LogP contribution in [0, 0.1) is 0 Å². The Labute approximate surface area is 271 Å². The number of carbonyl (C=O) groups excluding carboxylic acids is 1. The highest BCUT2D eigenvalue weighted by Crippen LogP contribution is 2.40. The van der Waals surface area contributed by atoms with Gasteiger partial charge in [0.1, 0.15) is 11.5 Å². The van der Waals surface area contributed by atoms with Gasteiger partial charge in [0.2, 0.25) is 0 Å². The first-order chi connectivity index (χ1) is 22.8. The molecule has 0 aliphatic heterocycles. The SMILES string of the molecule is CC(c1ccc(/C=C/C(=O)/C=C/c2ccc(CC(=O)O)cc2)cc1)(c1ccc(OC(F)=C(F)F)cc1)c1ccc(OC(F)=C(F)F)cc1. The number of halogens is 6. The van der Waals surface area contributed by atoms with Crippen LogP contribution in [0.5, 0.6) is 11.5 Å². The Hall–Kier alpha value is -5.84. The van der Waals surface area contributed by atoms with E-state index in [-0.39, 0.29) is 23.7 Å². The van der Waals surface area contributed by atoms with E-state index in [9.17, 15) is 35.9 Å². The van der Waals surface area contributed by atoms with Crippen LogP contribution in [-0.2, 0) is 21.4 Å². The summed E-state index contributed by atoms with van der Waals surface area (Å²) in [6.45, 7) is 1.83. The number of rotatable bonds is 13. The fourth-order valence-electron chi connectivity index (χ4n) is 4.76. The van der Waals surface area contributed by atoms with Crippen LogP contribution in [0.25, 0.3) is 12.2 Å². The van der Waals surface area contributed by atoms with E-state index in [1.165, 1.54) is 36.4 Å². The third kappa shape index (κ3) is 9.12. The van der Waals surface area contributed by atoms with Gasteiger partial charge in [0.25, 0.3) is 0 Å². The number of carboxylic acid groups (broad SMARTS) is 1. The van der Waals surface area contributed by atoms with Crippen LogP contribution in [0.4, 0.5) is 26.3 Å². The molecule has 0 aliphatic rings. The summed E-state index contributed by atoms with van der Waals surface area (Å²) in [7, 11) is 0. The molecular formula is C37H26F6O5. The lowest BCUT2D eigenvalue weighted by molar-refractivity contribution is -0.136. The van der Waals surface area contributed by atoms with E-state index in [4.69, 9.17) is 5.11 Å². The van der Waals surface area contributed by atoms with E-state index in [2.05, 4.69) is 9.47 Å². The van der Waals surface area contributed by atoms with E-state index >= 15 is 0 Å². The summed E-state index contributed by atoms with van der Waals surface area (Å²) in [5.74, 6) is -1.59. The molecule has 0 saturated carbocycles. The third-order valence-corrected chi connectivity index (χ3v) is 7.28. The van der Waals surface area contributed by atoms with Crippen molar-refractivity contribution in [2.75, 3.05) is 0 Å². The van der Waals surface area contributed by atoms with Crippen molar-refractivity contribution in [2.45, 2.75) is 18.8 Å². The maximum Gasteiger partial charge on any atom is 0.344 e. The average molecular weight is 665 g/mol. The molecule has 48 heavy (non-hydrogen) atoms. The molecule has 0 radical (unpaired) electrons. The number of hydrogen-bond acceptors (Lipinski definition) is 4. The minimum Gasteiger partial charge on any atom is -0.481 e. The number of carbonyl (C=O) groups is 2. The third-order valence-electron chi connectivity index (χ3n) is 7.28. The minimum absolute atomic E-state index is 0.0992. The molecule has 0 unspecified atom stereocenters. The lowest BCUT2D eigenvalue weighted by atomic mass is 9.71. The van der Waals surface area contributed by atoms with Crippen molar-refractivity contribution in [3.05, 3.63) is 167 Å². The second-order valence-electron chi connectivity index (χ2n) is 10.4. The van der Waals surface area contributed by atoms with Crippen LogP contribution < -0.4 is 9.47 Å². The average Bonchev–Trinajstić information content (AvgIpc) is 3.07. The topological polar surface area (TPSA) is 72.8 Å². The van der Waals surface area contributed by atoms with Crippen LogP contribution in [-0.4, -0.2) is 16.9 Å². The number of ether oxygens (including phenoxy) is 2. The van der Waals surface area contributed by atoms with Crippen molar-refractivity contribution in [1.82, 2.24) is 0 Å². The predicted molar refractivity (Wildman–Crippen MR) is 168 cm³/mol. The molecule has 0 aromatic heterocycles. The Morgan fingerprint density at radius 1 is 0.604 bits per heavy atom. The molecule has 11 heteroatoms. The first-order valence-corrected chi connectivity index (χ1v) is 14.1. The summed E-state index contributed by atoms with van der Waals surface area (Å²) in [6.07, 6.45) is 0.654. The summed E-state index contributed by atoms with van der Waals surface area (Å²) in [5, 5.41) is 8.88. The first-order valence-electron chi connectivity index (χ1n) is 14.1. The van der Waals surface area contributed by atoms with Crippen molar-refractivity contribution in [2.24, 2.45) is 0 Å². The zero-order valence-electron chi connectivity index (χ0n) is 25.1. The highest BCUT2D eigenvalue weighted by Gasteiger charge is 2.31. The van der Waals surface area contributed by atoms with Gasteiger partial charge < -0.3 is 14.6 Å². The summed E-state index contributed by atoms with van der Waals surface area (Å²) >= 11 is 0. The Morgan fingerprint density at radius 3 is 1.31 bits per heavy atom. The van der Waals surface area contributed by atoms with Gasteiger partial charge in [-0.1, -0.05) is 84.9 Å². The van der Waals surface area contributed by atoms with E-state index in [0.29, 0.717) is 27.8 Å². The molecule has 0 amide bonds. The van der Waals surface area contributed by atoms with Crippen molar-refractivity contribution < 1.29 is 50.5 Å². The monoisotopic (exact) mass is 664 g/mol. The molecule has 4 rings (SSSR count). The molecule has 4 aromatic carbocycles. The van der Waals surface area contributed by atoms with Crippen LogP contribution in [0.3, 0.4) is 0 Å². The summed E-state index contributed by atoms with van der Waals surface area (Å²) in [4.78, 5) is 23.3. The summed E-state index contributed by atoms with van der Waals surface area (Å²) in [6, 6.07) is 21.2. The first kappa shape index (κ1) is 35.0. The minimum atomic E-state index is -2.61. The summed E-state index contributed by atoms with van der Waals surface area (Å²) in [5.41, 5.74) is 2.99. The fourth-order valence-corrected chi connectivity index (χ4v) is 4.76. The molecule has 0 bridgehead atoms. The maximum absolute atomic E-state index is 13.3. The molecule has 0 fully saturated rings. The number of ketones is 1. The predicted octanol–water partition coefficient (Wildman–Crippen LogP) is 9.79. The Kier molecular flexibility index (Phi) is 11.4. The molecule has 4 aromatic rings. The van der Waals surface area contributed by atoms with Gasteiger partial charge in [0.05, 0.1) is 6.42 Å². The molecule has 0 spiro atoms. The molecule has 0 heterocycles. The van der Waals surface area contributed by atoms with Gasteiger partial charge in [-0.2, -0.15) is 26.3 Å². The van der Waals surface area contributed by atoms with Crippen LogP contribution in [0.1, 0.15) is 40.3 Å². The maximum atomic E-state index is 13.3. The second kappa shape index (κ2) is 15.6. The molecule has 0 saturated heterocycles. The molecule has 246 valence electrons. The van der Waals surface area contributed by atoms with Crippen molar-refractivity contribution >= 4 is 23.9 Å². The van der Waals surface area contributed by atoms with Gasteiger partial charge in [-0.05, 0) is 76.7 Å². The number of hydrogen-bond donors (Lipinski definition) is 1. The van der Waals surface area contributed by atoms with E-state index in [1.807, 2.05) is 6.92 Å². The second-order valence-corrected chi connectivity index (χ2v) is 10.4. The Bertz CT molecular complexity index is 1800. The standard InChI is InChI=1S/C37H26F6O5/c1-37(27-12-18-30(19-13-27)47-35(42)33(38)39,28-14-20-31(21-15-28)48-36(43)34(40)41)26-10-6-24(7-11-26)9-17-29(44)16-8-23-2-4-25(5-3-23)22-32(45)46/h2-21H,22H2,1H3,(H,45,46)/b16-8+,17-9+. The molecule has 0 atom stereocenters. The number of benzene rings is 4. The smallest absolute Gasteiger partial charge is 0.344 e. The molecule has 1 N–H and O–H groups in total. The fraction of sp³-hybridized carbons (Fsp3) is 0.0811. The highest BCUT2D eigenvalue weighted by atomic mass is 19.3. The van der Waals surface area contributed by atoms with Gasteiger partial charge in [0, 0.05) is 5.41 Å². The van der Waals surface area contributed by atoms with Gasteiger partial charge in [0.15, 0.2) is 5.78 Å². The zero-order chi connectivity index (χ0) is 34.8. The van der Waals surface area contributed by atoms with E-state index < -0.39 is 35.6 Å². The van der Waals surface area contributed by atoms with E-state index in [0.717, 1.165) is 5.56 Å². The van der Waals surface area contributed by atoms with Crippen LogP contribution in [0.15, 0.2) is 133 Å². The summed E-state index contributed by atoms with van der Waals surface area (Å²) < 4.78 is 85.9. The van der Waals surface area contributed by atoms with Gasteiger partial charge >= 0.3 is 30.2 Å². The largest absolute Gasteiger partial charge is 0.481 e. The van der Waals surface area contributed by atoms with Crippen molar-refractivity contribution in [3.8, 4) is 11.5 Å². The van der Waals surface area contributed by atoms with Gasteiger partial charge in [-0.25, -0.2) is 0 Å². The highest BCUT2D eigenvalue weighted by molar-refractivity contribution is 6.04. The number of aliphatic carboxylic acids is 1. The zero-order valence-corrected chi connectivity index (χ0v) is 25.1. The lowest BCUT2D eigenvalue weighted by Gasteiger charge is -2.32. The van der Waals surface area contributed by atoms with Crippen LogP contribution >= 0.6 is 0 Å². The van der Waals surface area contributed by atoms with Crippen LogP contribution in [0.2, 0.25) is 0 Å². The molecule has 0 aliphatic carbocycles. The Morgan fingerprint density at radius 2 is 0.958 bits per heavy atom. The molecular weight excluding hydrogens is 638 g/mol. The Balaban J connectivity index is 1.59. The molecule has 5 nitrogen and oxygen atoms in total. The van der Waals surface area contributed by atoms with Crippen molar-refractivity contribution in [3.63, 3.8) is 0 Å². The lowest BCUT2D eigenvalue weighted by Crippen LogP contribution is -2.25. The number of allylic oxidation sites excluding steroid dienone is 2. The normalized spacial score (nSPS) is 11.4. The quantitative estimate of drug-likeness (QED) is 0.0667. The van der Waals surface area contributed by atoms with Crippen molar-refractivity contribution in [1.29, 1.82) is 0 Å². The van der Waals surface area contributed by atoms with Gasteiger partial charge in [-0.15, -0.1) is 0 Å². The van der Waals surface area contributed by atoms with E-state index in [1.54, 1.807) is 84.9 Å².